The van der Waals surface area contributed by atoms with Gasteiger partial charge in [-0.3, -0.25) is 4.79 Å². The normalized spacial score (nSPS) is 22.0. The lowest BCUT2D eigenvalue weighted by atomic mass is 10.2. The van der Waals surface area contributed by atoms with E-state index in [2.05, 4.69) is 5.32 Å². The topological polar surface area (TPSA) is 32.3 Å². The molecule has 14 heavy (non-hydrogen) atoms. The predicted octanol–water partition coefficient (Wildman–Crippen LogP) is 0.950. The van der Waals surface area contributed by atoms with Crippen molar-refractivity contribution < 1.29 is 4.79 Å². The first kappa shape index (κ1) is 11.9. The third-order valence-corrected chi connectivity index (χ3v) is 3.89. The molecular weight excluding hydrogens is 196 g/mol. The molecule has 1 amide bonds. The van der Waals surface area contributed by atoms with Crippen LogP contribution in [0.4, 0.5) is 0 Å². The molecule has 0 radical (unpaired) electrons. The Labute approximate surface area is 90.6 Å². The Hall–Kier alpha value is -0.220. The fraction of sp³-hybridized carbons (Fsp3) is 0.900. The Balaban J connectivity index is 2.30. The van der Waals surface area contributed by atoms with E-state index in [-0.39, 0.29) is 5.25 Å². The van der Waals surface area contributed by atoms with Crippen molar-refractivity contribution in [3.8, 4) is 0 Å². The second kappa shape index (κ2) is 6.30. The lowest BCUT2D eigenvalue weighted by Crippen LogP contribution is -2.39. The number of carbonyl (C=O) groups is 1. The summed E-state index contributed by atoms with van der Waals surface area (Å²) in [4.78, 5) is 13.7. The summed E-state index contributed by atoms with van der Waals surface area (Å²) in [6.45, 7) is 1.69. The maximum absolute atomic E-state index is 11.9. The number of likely N-dealkylation sites (N-methyl/N-ethyl adjacent to an activating group) is 2. The van der Waals surface area contributed by atoms with Crippen molar-refractivity contribution in [2.75, 3.05) is 32.9 Å². The van der Waals surface area contributed by atoms with Gasteiger partial charge >= 0.3 is 0 Å². The highest BCUT2D eigenvalue weighted by molar-refractivity contribution is 8.00. The number of amides is 1. The molecule has 1 heterocycles. The molecule has 1 aliphatic heterocycles. The molecule has 1 fully saturated rings. The first-order valence-electron chi connectivity index (χ1n) is 5.27. The summed E-state index contributed by atoms with van der Waals surface area (Å²) >= 11 is 1.82. The molecule has 0 spiro atoms. The van der Waals surface area contributed by atoms with Crippen LogP contribution in [0.5, 0.6) is 0 Å². The van der Waals surface area contributed by atoms with Gasteiger partial charge < -0.3 is 10.2 Å². The molecule has 1 aliphatic rings. The van der Waals surface area contributed by atoms with Gasteiger partial charge in [-0.1, -0.05) is 6.42 Å². The molecule has 0 aliphatic carbocycles. The third kappa shape index (κ3) is 3.50. The zero-order chi connectivity index (χ0) is 10.4. The lowest BCUT2D eigenvalue weighted by Gasteiger charge is -2.25. The molecular formula is C10H20N2OS. The van der Waals surface area contributed by atoms with Gasteiger partial charge in [0.15, 0.2) is 0 Å². The fourth-order valence-corrected chi connectivity index (χ4v) is 2.88. The summed E-state index contributed by atoms with van der Waals surface area (Å²) in [5.74, 6) is 1.46. The second-order valence-electron chi connectivity index (χ2n) is 3.72. The Kier molecular flexibility index (Phi) is 5.33. The quantitative estimate of drug-likeness (QED) is 0.759. The highest BCUT2D eigenvalue weighted by Crippen LogP contribution is 2.26. The van der Waals surface area contributed by atoms with Crippen LogP contribution in [0.1, 0.15) is 19.3 Å². The van der Waals surface area contributed by atoms with Crippen LogP contribution in [-0.4, -0.2) is 49.0 Å². The van der Waals surface area contributed by atoms with Gasteiger partial charge in [0.2, 0.25) is 5.91 Å². The minimum Gasteiger partial charge on any atom is -0.344 e. The SMILES string of the molecule is CNCCN(C)C(=O)C1CCCCS1. The molecule has 1 N–H and O–H groups in total. The molecule has 0 aromatic carbocycles. The van der Waals surface area contributed by atoms with E-state index in [0.717, 1.165) is 25.3 Å². The Bertz CT molecular complexity index is 181. The smallest absolute Gasteiger partial charge is 0.235 e. The van der Waals surface area contributed by atoms with Crippen molar-refractivity contribution in [1.82, 2.24) is 10.2 Å². The van der Waals surface area contributed by atoms with E-state index in [1.807, 2.05) is 30.8 Å². The van der Waals surface area contributed by atoms with Crippen molar-refractivity contribution in [3.05, 3.63) is 0 Å². The van der Waals surface area contributed by atoms with Crippen molar-refractivity contribution in [2.45, 2.75) is 24.5 Å². The number of nitrogens with one attached hydrogen (secondary N) is 1. The average Bonchev–Trinajstić information content (AvgIpc) is 2.26. The van der Waals surface area contributed by atoms with Crippen LogP contribution in [0.15, 0.2) is 0 Å². The van der Waals surface area contributed by atoms with Gasteiger partial charge in [-0.15, -0.1) is 11.8 Å². The predicted molar refractivity (Wildman–Crippen MR) is 61.7 cm³/mol. The maximum atomic E-state index is 11.9. The molecule has 1 rings (SSSR count). The van der Waals surface area contributed by atoms with Gasteiger partial charge in [0.05, 0.1) is 5.25 Å². The molecule has 4 heteroatoms. The molecule has 1 atom stereocenters. The molecule has 1 saturated heterocycles. The van der Waals surface area contributed by atoms with Crippen LogP contribution in [0.2, 0.25) is 0 Å². The second-order valence-corrected chi connectivity index (χ2v) is 5.03. The summed E-state index contributed by atoms with van der Waals surface area (Å²) in [6.07, 6.45) is 3.55. The third-order valence-electron chi connectivity index (χ3n) is 2.53. The monoisotopic (exact) mass is 216 g/mol. The lowest BCUT2D eigenvalue weighted by molar-refractivity contribution is -0.129. The van der Waals surface area contributed by atoms with E-state index in [9.17, 15) is 4.79 Å². The van der Waals surface area contributed by atoms with Crippen LogP contribution in [0.3, 0.4) is 0 Å². The fourth-order valence-electron chi connectivity index (χ4n) is 1.57. The first-order chi connectivity index (χ1) is 6.75. The van der Waals surface area contributed by atoms with Crippen LogP contribution in [0, 0.1) is 0 Å². The number of carbonyl (C=O) groups excluding carboxylic acids is 1. The zero-order valence-corrected chi connectivity index (χ0v) is 9.90. The summed E-state index contributed by atoms with van der Waals surface area (Å²) in [5, 5.41) is 3.28. The molecule has 0 aromatic rings. The zero-order valence-electron chi connectivity index (χ0n) is 9.08. The largest absolute Gasteiger partial charge is 0.344 e. The van der Waals surface area contributed by atoms with Crippen molar-refractivity contribution in [3.63, 3.8) is 0 Å². The van der Waals surface area contributed by atoms with Gasteiger partial charge in [0, 0.05) is 20.1 Å². The van der Waals surface area contributed by atoms with Crippen molar-refractivity contribution in [1.29, 1.82) is 0 Å². The van der Waals surface area contributed by atoms with E-state index in [1.165, 1.54) is 12.8 Å². The van der Waals surface area contributed by atoms with Crippen LogP contribution in [-0.2, 0) is 4.79 Å². The molecule has 1 unspecified atom stereocenters. The van der Waals surface area contributed by atoms with Crippen molar-refractivity contribution in [2.24, 2.45) is 0 Å². The minimum atomic E-state index is 0.227. The number of rotatable bonds is 4. The molecule has 3 nitrogen and oxygen atoms in total. The minimum absolute atomic E-state index is 0.227. The highest BCUT2D eigenvalue weighted by Gasteiger charge is 2.24. The van der Waals surface area contributed by atoms with Crippen molar-refractivity contribution >= 4 is 17.7 Å². The van der Waals surface area contributed by atoms with Gasteiger partial charge in [0.25, 0.3) is 0 Å². The van der Waals surface area contributed by atoms with E-state index in [4.69, 9.17) is 0 Å². The van der Waals surface area contributed by atoms with Crippen LogP contribution in [0.25, 0.3) is 0 Å². The molecule has 0 saturated carbocycles. The number of hydrogen-bond donors (Lipinski definition) is 1. The Morgan fingerprint density at radius 2 is 2.36 bits per heavy atom. The van der Waals surface area contributed by atoms with Gasteiger partial charge in [0.1, 0.15) is 0 Å². The number of nitrogens with zero attached hydrogens (tertiary/aromatic N) is 1. The van der Waals surface area contributed by atoms with E-state index >= 15 is 0 Å². The average molecular weight is 216 g/mol. The molecule has 0 aromatic heterocycles. The summed E-state index contributed by atoms with van der Waals surface area (Å²) in [7, 11) is 3.81. The summed E-state index contributed by atoms with van der Waals surface area (Å²) in [6, 6.07) is 0. The van der Waals surface area contributed by atoms with Gasteiger partial charge in [-0.25, -0.2) is 0 Å². The standard InChI is InChI=1S/C10H20N2OS/c1-11-6-7-12(2)10(13)9-5-3-4-8-14-9/h9,11H,3-8H2,1-2H3. The molecule has 0 bridgehead atoms. The Morgan fingerprint density at radius 3 is 2.93 bits per heavy atom. The summed E-state index contributed by atoms with van der Waals surface area (Å²) in [5.41, 5.74) is 0. The van der Waals surface area contributed by atoms with E-state index in [0.29, 0.717) is 5.91 Å². The maximum Gasteiger partial charge on any atom is 0.235 e. The van der Waals surface area contributed by atoms with E-state index < -0.39 is 0 Å². The summed E-state index contributed by atoms with van der Waals surface area (Å²) < 4.78 is 0. The number of thioether (sulfide) groups is 1. The molecule has 82 valence electrons. The first-order valence-corrected chi connectivity index (χ1v) is 6.31. The number of hydrogen-bond acceptors (Lipinski definition) is 3. The van der Waals surface area contributed by atoms with Crippen LogP contribution >= 0.6 is 11.8 Å². The van der Waals surface area contributed by atoms with E-state index in [1.54, 1.807) is 0 Å². The van der Waals surface area contributed by atoms with Crippen LogP contribution < -0.4 is 5.32 Å². The van der Waals surface area contributed by atoms with Gasteiger partial charge in [-0.05, 0) is 25.6 Å². The van der Waals surface area contributed by atoms with Gasteiger partial charge in [-0.2, -0.15) is 0 Å². The highest BCUT2D eigenvalue weighted by atomic mass is 32.2. The Morgan fingerprint density at radius 1 is 1.57 bits per heavy atom.